The summed E-state index contributed by atoms with van der Waals surface area (Å²) in [6.07, 6.45) is 8.19. The molecule has 0 saturated heterocycles. The molecular formula is C12H16O4. The van der Waals surface area contributed by atoms with Crippen molar-refractivity contribution in [3.8, 4) is 12.3 Å². The van der Waals surface area contributed by atoms with Gasteiger partial charge in [-0.3, -0.25) is 0 Å². The van der Waals surface area contributed by atoms with Gasteiger partial charge in [-0.15, -0.1) is 6.42 Å². The van der Waals surface area contributed by atoms with Crippen molar-refractivity contribution in [3.63, 3.8) is 0 Å². The summed E-state index contributed by atoms with van der Waals surface area (Å²) in [5, 5.41) is 0. The molecule has 0 aromatic heterocycles. The minimum absolute atomic E-state index is 0.357. The molecule has 88 valence electrons. The van der Waals surface area contributed by atoms with E-state index in [-0.39, 0.29) is 0 Å². The minimum Gasteiger partial charge on any atom is -0.463 e. The summed E-state index contributed by atoms with van der Waals surface area (Å²) in [5.74, 6) is 1.02. The SMILES string of the molecule is C#CC(C)OC(=O)/C=C/C(=O)OCCCC. The van der Waals surface area contributed by atoms with E-state index < -0.39 is 18.0 Å². The highest BCUT2D eigenvalue weighted by molar-refractivity contribution is 5.91. The van der Waals surface area contributed by atoms with E-state index in [4.69, 9.17) is 15.9 Å². The van der Waals surface area contributed by atoms with E-state index in [1.807, 2.05) is 6.92 Å². The monoisotopic (exact) mass is 224 g/mol. The summed E-state index contributed by atoms with van der Waals surface area (Å²) < 4.78 is 9.50. The standard InChI is InChI=1S/C12H16O4/c1-4-6-9-15-11(13)7-8-12(14)16-10(3)5-2/h2,7-8,10H,4,6,9H2,1,3H3/b8-7+. The summed E-state index contributed by atoms with van der Waals surface area (Å²) in [4.78, 5) is 22.1. The van der Waals surface area contributed by atoms with Gasteiger partial charge in [-0.25, -0.2) is 9.59 Å². The summed E-state index contributed by atoms with van der Waals surface area (Å²) in [6, 6.07) is 0. The molecule has 4 nitrogen and oxygen atoms in total. The number of esters is 2. The largest absolute Gasteiger partial charge is 0.463 e. The van der Waals surface area contributed by atoms with E-state index in [2.05, 4.69) is 5.92 Å². The van der Waals surface area contributed by atoms with Gasteiger partial charge in [0.2, 0.25) is 0 Å². The maximum Gasteiger partial charge on any atom is 0.332 e. The third-order valence-electron chi connectivity index (χ3n) is 1.63. The van der Waals surface area contributed by atoms with Crippen LogP contribution < -0.4 is 0 Å². The van der Waals surface area contributed by atoms with E-state index in [0.29, 0.717) is 6.61 Å². The van der Waals surface area contributed by atoms with Gasteiger partial charge in [-0.05, 0) is 13.3 Å². The van der Waals surface area contributed by atoms with Crippen molar-refractivity contribution < 1.29 is 19.1 Å². The molecule has 0 fully saturated rings. The predicted molar refractivity (Wildman–Crippen MR) is 59.4 cm³/mol. The van der Waals surface area contributed by atoms with E-state index in [1.54, 1.807) is 6.92 Å². The van der Waals surface area contributed by atoms with Crippen molar-refractivity contribution in [2.75, 3.05) is 6.61 Å². The van der Waals surface area contributed by atoms with Crippen LogP contribution in [0.3, 0.4) is 0 Å². The highest BCUT2D eigenvalue weighted by Crippen LogP contribution is 1.93. The lowest BCUT2D eigenvalue weighted by atomic mass is 10.4. The van der Waals surface area contributed by atoms with Crippen LogP contribution in [0.4, 0.5) is 0 Å². The van der Waals surface area contributed by atoms with Gasteiger partial charge in [0.15, 0.2) is 6.10 Å². The lowest BCUT2D eigenvalue weighted by Crippen LogP contribution is -2.11. The third-order valence-corrected chi connectivity index (χ3v) is 1.63. The molecule has 0 aliphatic carbocycles. The van der Waals surface area contributed by atoms with Crippen LogP contribution in [-0.4, -0.2) is 24.6 Å². The fourth-order valence-electron chi connectivity index (χ4n) is 0.749. The average Bonchev–Trinajstić information content (AvgIpc) is 2.26. The Balaban J connectivity index is 3.85. The van der Waals surface area contributed by atoms with Crippen LogP contribution in [0, 0.1) is 12.3 Å². The molecule has 4 heteroatoms. The molecule has 0 heterocycles. The maximum atomic E-state index is 11.0. The lowest BCUT2D eigenvalue weighted by Gasteiger charge is -2.03. The van der Waals surface area contributed by atoms with Gasteiger partial charge in [0.05, 0.1) is 6.61 Å². The Morgan fingerprint density at radius 1 is 1.38 bits per heavy atom. The first kappa shape index (κ1) is 14.2. The van der Waals surface area contributed by atoms with Gasteiger partial charge in [0, 0.05) is 12.2 Å². The molecular weight excluding hydrogens is 208 g/mol. The zero-order chi connectivity index (χ0) is 12.4. The lowest BCUT2D eigenvalue weighted by molar-refractivity contribution is -0.141. The number of hydrogen-bond acceptors (Lipinski definition) is 4. The van der Waals surface area contributed by atoms with Gasteiger partial charge >= 0.3 is 11.9 Å². The Morgan fingerprint density at radius 2 is 2.00 bits per heavy atom. The van der Waals surface area contributed by atoms with Gasteiger partial charge in [-0.2, -0.15) is 0 Å². The van der Waals surface area contributed by atoms with Gasteiger partial charge < -0.3 is 9.47 Å². The second-order valence-electron chi connectivity index (χ2n) is 3.10. The van der Waals surface area contributed by atoms with Crippen LogP contribution >= 0.6 is 0 Å². The van der Waals surface area contributed by atoms with Gasteiger partial charge in [0.1, 0.15) is 0 Å². The van der Waals surface area contributed by atoms with Crippen LogP contribution in [0.2, 0.25) is 0 Å². The second kappa shape index (κ2) is 8.54. The molecule has 0 amide bonds. The Hall–Kier alpha value is -1.76. The Labute approximate surface area is 95.6 Å². The van der Waals surface area contributed by atoms with Crippen LogP contribution in [-0.2, 0) is 19.1 Å². The predicted octanol–water partition coefficient (Wildman–Crippen LogP) is 1.45. The molecule has 0 aliphatic rings. The van der Waals surface area contributed by atoms with Crippen LogP contribution in [0.25, 0.3) is 0 Å². The van der Waals surface area contributed by atoms with Crippen molar-refractivity contribution in [2.24, 2.45) is 0 Å². The first-order chi connectivity index (χ1) is 7.60. The Kier molecular flexibility index (Phi) is 7.60. The molecule has 0 spiro atoms. The number of ether oxygens (including phenoxy) is 2. The van der Waals surface area contributed by atoms with E-state index in [0.717, 1.165) is 25.0 Å². The zero-order valence-electron chi connectivity index (χ0n) is 9.56. The van der Waals surface area contributed by atoms with E-state index in [9.17, 15) is 9.59 Å². The molecule has 0 N–H and O–H groups in total. The molecule has 1 unspecified atom stereocenters. The van der Waals surface area contributed by atoms with Crippen molar-refractivity contribution >= 4 is 11.9 Å². The number of unbranched alkanes of at least 4 members (excludes halogenated alkanes) is 1. The molecule has 1 atom stereocenters. The number of hydrogen-bond donors (Lipinski definition) is 0. The molecule has 0 aromatic rings. The third kappa shape index (κ3) is 7.63. The smallest absolute Gasteiger partial charge is 0.332 e. The molecule has 0 saturated carbocycles. The van der Waals surface area contributed by atoms with Crippen LogP contribution in [0.5, 0.6) is 0 Å². The number of carbonyl (C=O) groups excluding carboxylic acids is 2. The van der Waals surface area contributed by atoms with Crippen molar-refractivity contribution in [3.05, 3.63) is 12.2 Å². The number of terminal acetylenes is 1. The van der Waals surface area contributed by atoms with E-state index in [1.165, 1.54) is 0 Å². The summed E-state index contributed by atoms with van der Waals surface area (Å²) in [7, 11) is 0. The topological polar surface area (TPSA) is 52.6 Å². The molecule has 0 rings (SSSR count). The first-order valence-electron chi connectivity index (χ1n) is 5.11. The van der Waals surface area contributed by atoms with Crippen molar-refractivity contribution in [1.82, 2.24) is 0 Å². The minimum atomic E-state index is -0.655. The number of carbonyl (C=O) groups is 2. The fraction of sp³-hybridized carbons (Fsp3) is 0.500. The molecule has 0 aliphatic heterocycles. The summed E-state index contributed by atoms with van der Waals surface area (Å²) >= 11 is 0. The van der Waals surface area contributed by atoms with Crippen molar-refractivity contribution in [1.29, 1.82) is 0 Å². The normalized spacial score (nSPS) is 11.8. The number of rotatable bonds is 6. The molecule has 0 radical (unpaired) electrons. The summed E-state index contributed by atoms with van der Waals surface area (Å²) in [5.41, 5.74) is 0. The Morgan fingerprint density at radius 3 is 2.56 bits per heavy atom. The summed E-state index contributed by atoms with van der Waals surface area (Å²) in [6.45, 7) is 3.91. The zero-order valence-corrected chi connectivity index (χ0v) is 9.56. The Bertz CT molecular complexity index is 299. The highest BCUT2D eigenvalue weighted by atomic mass is 16.5. The second-order valence-corrected chi connectivity index (χ2v) is 3.10. The van der Waals surface area contributed by atoms with Crippen LogP contribution in [0.1, 0.15) is 26.7 Å². The molecule has 0 bridgehead atoms. The quantitative estimate of drug-likeness (QED) is 0.296. The highest BCUT2D eigenvalue weighted by Gasteiger charge is 2.03. The maximum absolute atomic E-state index is 11.0. The van der Waals surface area contributed by atoms with Gasteiger partial charge in [-0.1, -0.05) is 19.3 Å². The fourth-order valence-corrected chi connectivity index (χ4v) is 0.749. The average molecular weight is 224 g/mol. The van der Waals surface area contributed by atoms with Crippen molar-refractivity contribution in [2.45, 2.75) is 32.8 Å². The first-order valence-corrected chi connectivity index (χ1v) is 5.11. The van der Waals surface area contributed by atoms with Crippen LogP contribution in [0.15, 0.2) is 12.2 Å². The molecule has 0 aromatic carbocycles. The van der Waals surface area contributed by atoms with E-state index >= 15 is 0 Å². The van der Waals surface area contributed by atoms with Gasteiger partial charge in [0.25, 0.3) is 0 Å². The molecule has 16 heavy (non-hydrogen) atoms.